The third kappa shape index (κ3) is 4.28. The van der Waals surface area contributed by atoms with Gasteiger partial charge in [-0.15, -0.1) is 0 Å². The molecule has 0 aliphatic carbocycles. The molecule has 0 radical (unpaired) electrons. The van der Waals surface area contributed by atoms with Gasteiger partial charge in [-0.3, -0.25) is 9.97 Å². The molecular formula is C18H25B4FN4O2. The highest BCUT2D eigenvalue weighted by molar-refractivity contribution is 6.46. The van der Waals surface area contributed by atoms with E-state index >= 15 is 0 Å². The molecule has 1 N–H and O–H groups in total. The van der Waals surface area contributed by atoms with Crippen molar-refractivity contribution in [3.8, 4) is 0 Å². The van der Waals surface area contributed by atoms with Gasteiger partial charge in [-0.2, -0.15) is 0 Å². The zero-order chi connectivity index (χ0) is 21.6. The molecule has 0 aromatic carbocycles. The summed E-state index contributed by atoms with van der Waals surface area (Å²) < 4.78 is 19.7. The van der Waals surface area contributed by atoms with Gasteiger partial charge in [-0.05, 0) is 50.2 Å². The molecule has 148 valence electrons. The van der Waals surface area contributed by atoms with Crippen molar-refractivity contribution in [1.29, 1.82) is 0 Å². The first-order chi connectivity index (χ1) is 13.3. The Kier molecular flexibility index (Phi) is 5.22. The van der Waals surface area contributed by atoms with E-state index in [2.05, 4.69) is 15.3 Å². The summed E-state index contributed by atoms with van der Waals surface area (Å²) in [5.74, 6) is -0.444. The minimum Gasteiger partial charge on any atom is -0.444 e. The fourth-order valence-electron chi connectivity index (χ4n) is 4.01. The van der Waals surface area contributed by atoms with Crippen LogP contribution in [0.25, 0.3) is 0 Å². The summed E-state index contributed by atoms with van der Waals surface area (Å²) in [6.45, 7) is 5.57. The Morgan fingerprint density at radius 3 is 2.59 bits per heavy atom. The summed E-state index contributed by atoms with van der Waals surface area (Å²) in [7, 11) is 7.99. The third-order valence-corrected chi connectivity index (χ3v) is 5.02. The lowest BCUT2D eigenvalue weighted by atomic mass is 9.46. The number of carbonyl (C=O) groups excluding carboxylic acids is 1. The maximum Gasteiger partial charge on any atom is 0.408 e. The van der Waals surface area contributed by atoms with E-state index in [0.717, 1.165) is 17.5 Å². The van der Waals surface area contributed by atoms with Gasteiger partial charge in [-0.1, -0.05) is 0 Å². The highest BCUT2D eigenvalue weighted by atomic mass is 19.1. The molecule has 3 rings (SSSR count). The van der Waals surface area contributed by atoms with E-state index in [1.54, 1.807) is 17.2 Å². The molecule has 0 saturated carbocycles. The van der Waals surface area contributed by atoms with Crippen molar-refractivity contribution >= 4 is 48.9 Å². The summed E-state index contributed by atoms with van der Waals surface area (Å²) in [4.78, 5) is 23.3. The number of nitrogens with zero attached hydrogens (tertiary/aromatic N) is 3. The fourth-order valence-corrected chi connectivity index (χ4v) is 4.01. The number of fused-ring (bicyclic) bond motifs is 1. The zero-order valence-corrected chi connectivity index (χ0v) is 18.1. The Balaban J connectivity index is 2.00. The molecule has 0 bridgehead atoms. The number of nitrogens with one attached hydrogen (secondary N) is 1. The molecule has 0 spiro atoms. The minimum absolute atomic E-state index is 0.319. The number of ether oxygens (including phenoxy) is 1. The van der Waals surface area contributed by atoms with Crippen molar-refractivity contribution in [2.45, 2.75) is 43.5 Å². The van der Waals surface area contributed by atoms with E-state index in [-0.39, 0.29) is 6.09 Å². The fraction of sp³-hybridized carbons (Fsp3) is 0.389. The Hall–Kier alpha value is -2.44. The second kappa shape index (κ2) is 7.11. The Labute approximate surface area is 174 Å². The Morgan fingerprint density at radius 2 is 1.97 bits per heavy atom. The van der Waals surface area contributed by atoms with Crippen molar-refractivity contribution in [1.82, 2.24) is 14.9 Å². The molecule has 0 saturated heterocycles. The van der Waals surface area contributed by atoms with Gasteiger partial charge >= 0.3 is 6.09 Å². The maximum atomic E-state index is 14.0. The molecule has 0 fully saturated rings. The summed E-state index contributed by atoms with van der Waals surface area (Å²) in [5, 5.41) is 1.91. The normalized spacial score (nSPS) is 17.3. The first-order valence-electron chi connectivity index (χ1n) is 9.70. The lowest BCUT2D eigenvalue weighted by Crippen LogP contribution is -2.67. The largest absolute Gasteiger partial charge is 0.444 e. The summed E-state index contributed by atoms with van der Waals surface area (Å²) >= 11 is 0. The van der Waals surface area contributed by atoms with Crippen LogP contribution >= 0.6 is 0 Å². The lowest BCUT2D eigenvalue weighted by molar-refractivity contribution is 0.00869. The molecule has 0 atom stereocenters. The second-order valence-corrected chi connectivity index (χ2v) is 9.56. The molecule has 1 aliphatic heterocycles. The van der Waals surface area contributed by atoms with E-state index in [9.17, 15) is 9.18 Å². The van der Waals surface area contributed by atoms with Crippen molar-refractivity contribution < 1.29 is 13.9 Å². The molecule has 0 unspecified atom stereocenters. The predicted octanol–water partition coefficient (Wildman–Crippen LogP) is -0.551. The average molecular weight is 392 g/mol. The topological polar surface area (TPSA) is 67.4 Å². The molecule has 11 heteroatoms. The summed E-state index contributed by atoms with van der Waals surface area (Å²) in [6.07, 6.45) is 4.60. The van der Waals surface area contributed by atoms with Crippen LogP contribution in [-0.2, 0) is 16.5 Å². The van der Waals surface area contributed by atoms with E-state index < -0.39 is 22.1 Å². The van der Waals surface area contributed by atoms with Gasteiger partial charge in [0.15, 0.2) is 5.82 Å². The predicted molar refractivity (Wildman–Crippen MR) is 122 cm³/mol. The number of carbonyl (C=O) groups is 1. The van der Waals surface area contributed by atoms with E-state index in [1.165, 1.54) is 6.20 Å². The van der Waals surface area contributed by atoms with Gasteiger partial charge in [0, 0.05) is 17.2 Å². The standard InChI is InChI=1S/C18H25B4FN4O2/c1-16(2,3)29-15(28)27-17(19,20)7-14-11(18(27,21)22)6-10(8-25-14)26-13-4-5-24-9-12(13)23/h4-6,8-9H,7,19-22H2,1-3H3,(H,24,26). The number of rotatable bonds is 2. The third-order valence-electron chi connectivity index (χ3n) is 5.02. The van der Waals surface area contributed by atoms with Gasteiger partial charge in [-0.25, -0.2) is 9.18 Å². The highest BCUT2D eigenvalue weighted by Gasteiger charge is 2.48. The zero-order valence-electron chi connectivity index (χ0n) is 18.1. The molecule has 6 nitrogen and oxygen atoms in total. The number of pyridine rings is 2. The van der Waals surface area contributed by atoms with E-state index in [1.807, 2.05) is 58.2 Å². The number of hydrogen-bond acceptors (Lipinski definition) is 5. The van der Waals surface area contributed by atoms with Gasteiger partial charge < -0.3 is 15.0 Å². The molecule has 2 aromatic heterocycles. The van der Waals surface area contributed by atoms with Crippen LogP contribution in [0.15, 0.2) is 30.7 Å². The minimum atomic E-state index is -0.666. The molecule has 29 heavy (non-hydrogen) atoms. The van der Waals surface area contributed by atoms with Gasteiger partial charge in [0.25, 0.3) is 0 Å². The molecule has 3 heterocycles. The van der Waals surface area contributed by atoms with Crippen LogP contribution in [0.4, 0.5) is 20.6 Å². The van der Waals surface area contributed by atoms with Crippen molar-refractivity contribution in [3.05, 3.63) is 47.8 Å². The van der Waals surface area contributed by atoms with Crippen molar-refractivity contribution in [2.24, 2.45) is 0 Å². The molecule has 2 aromatic rings. The molecule has 1 aliphatic rings. The summed E-state index contributed by atoms with van der Waals surface area (Å²) in [5.41, 5.74) is 2.19. The van der Waals surface area contributed by atoms with Gasteiger partial charge in [0.05, 0.1) is 23.8 Å². The number of halogens is 1. The Bertz CT molecular complexity index is 950. The lowest BCUT2D eigenvalue weighted by Gasteiger charge is -2.53. The quantitative estimate of drug-likeness (QED) is 0.696. The smallest absolute Gasteiger partial charge is 0.408 e. The van der Waals surface area contributed by atoms with Crippen molar-refractivity contribution in [2.75, 3.05) is 5.32 Å². The van der Waals surface area contributed by atoms with Gasteiger partial charge in [0.2, 0.25) is 0 Å². The van der Waals surface area contributed by atoms with Crippen LogP contribution in [0.3, 0.4) is 0 Å². The average Bonchev–Trinajstić information content (AvgIpc) is 2.54. The van der Waals surface area contributed by atoms with Crippen LogP contribution in [-0.4, -0.2) is 63.3 Å². The SMILES string of the molecule is BC1(B)Cc2ncc(Nc3ccncc3F)cc2C(B)(B)N1C(=O)OC(C)(C)C. The van der Waals surface area contributed by atoms with E-state index in [4.69, 9.17) is 4.74 Å². The Morgan fingerprint density at radius 1 is 1.28 bits per heavy atom. The number of anilines is 2. The number of amides is 1. The monoisotopic (exact) mass is 392 g/mol. The second-order valence-electron chi connectivity index (χ2n) is 9.56. The van der Waals surface area contributed by atoms with Crippen LogP contribution in [0.5, 0.6) is 0 Å². The van der Waals surface area contributed by atoms with Crippen molar-refractivity contribution in [3.63, 3.8) is 0 Å². The number of aromatic nitrogens is 2. The maximum absolute atomic E-state index is 14.0. The summed E-state index contributed by atoms with van der Waals surface area (Å²) in [6, 6.07) is 3.49. The van der Waals surface area contributed by atoms with Gasteiger partial charge in [0.1, 0.15) is 37.0 Å². The van der Waals surface area contributed by atoms with Crippen LogP contribution < -0.4 is 5.32 Å². The van der Waals surface area contributed by atoms with E-state index in [0.29, 0.717) is 17.8 Å². The molecular weight excluding hydrogens is 366 g/mol. The van der Waals surface area contributed by atoms with Crippen LogP contribution in [0.2, 0.25) is 0 Å². The first kappa shape index (κ1) is 21.3. The number of hydrogen-bond donors (Lipinski definition) is 1. The first-order valence-corrected chi connectivity index (χ1v) is 9.70. The van der Waals surface area contributed by atoms with Crippen LogP contribution in [0.1, 0.15) is 32.0 Å². The molecule has 1 amide bonds. The highest BCUT2D eigenvalue weighted by Crippen LogP contribution is 2.38. The van der Waals surface area contributed by atoms with Crippen LogP contribution in [0, 0.1) is 5.82 Å².